The van der Waals surface area contributed by atoms with Crippen molar-refractivity contribution in [2.24, 2.45) is 0 Å². The fourth-order valence-electron chi connectivity index (χ4n) is 1.44. The van der Waals surface area contributed by atoms with Crippen LogP contribution in [0.3, 0.4) is 0 Å². The van der Waals surface area contributed by atoms with E-state index in [0.29, 0.717) is 16.7 Å². The van der Waals surface area contributed by atoms with E-state index >= 15 is 0 Å². The molecule has 1 fully saturated rings. The molecule has 0 aromatic rings. The van der Waals surface area contributed by atoms with Gasteiger partial charge in [-0.05, 0) is 0 Å². The van der Waals surface area contributed by atoms with E-state index in [9.17, 15) is 27.9 Å². The second-order valence-corrected chi connectivity index (χ2v) is 4.19. The van der Waals surface area contributed by atoms with E-state index in [2.05, 4.69) is 0 Å². The molecular formula is C7H3F3NNaO3S. The molecule has 0 N–H and O–H groups in total. The van der Waals surface area contributed by atoms with Crippen molar-refractivity contribution in [3.8, 4) is 0 Å². The van der Waals surface area contributed by atoms with Crippen molar-refractivity contribution < 1.29 is 57.4 Å². The SMILES string of the molecule is O=C([O-])C1=C(C(F)(F)F)S[C@H]2CC(=O)N12.[Na+]. The standard InChI is InChI=1S/C7H4F3NO3S.Na/c8-7(9,10)5-4(6(13)14)11-2(12)1-3(11)15-5;/h3H,1H2,(H,13,14);/q;+1/p-1/t3-;/m0./s1. The molecule has 9 heteroatoms. The van der Waals surface area contributed by atoms with Gasteiger partial charge in [-0.1, -0.05) is 11.8 Å². The van der Waals surface area contributed by atoms with Gasteiger partial charge in [0.2, 0.25) is 5.91 Å². The van der Waals surface area contributed by atoms with Gasteiger partial charge in [-0.2, -0.15) is 13.2 Å². The third-order valence-electron chi connectivity index (χ3n) is 2.07. The van der Waals surface area contributed by atoms with Crippen LogP contribution in [0.4, 0.5) is 13.2 Å². The minimum atomic E-state index is -4.75. The molecule has 0 spiro atoms. The summed E-state index contributed by atoms with van der Waals surface area (Å²) >= 11 is 0.346. The van der Waals surface area contributed by atoms with Crippen LogP contribution in [0, 0.1) is 0 Å². The van der Waals surface area contributed by atoms with Gasteiger partial charge in [-0.25, -0.2) is 0 Å². The summed E-state index contributed by atoms with van der Waals surface area (Å²) in [6.07, 6.45) is -4.82. The van der Waals surface area contributed by atoms with Gasteiger partial charge in [0.25, 0.3) is 0 Å². The Kier molecular flexibility index (Phi) is 3.68. The van der Waals surface area contributed by atoms with Crippen molar-refractivity contribution in [1.29, 1.82) is 0 Å². The van der Waals surface area contributed by atoms with Gasteiger partial charge in [0, 0.05) is 0 Å². The first kappa shape index (κ1) is 13.9. The second kappa shape index (κ2) is 4.25. The number of carboxylic acid groups (broad SMARTS) is 1. The molecule has 0 aromatic heterocycles. The molecule has 2 aliphatic heterocycles. The zero-order valence-corrected chi connectivity index (χ0v) is 10.8. The molecule has 0 aromatic carbocycles. The van der Waals surface area contributed by atoms with E-state index in [4.69, 9.17) is 0 Å². The Morgan fingerprint density at radius 2 is 2.06 bits per heavy atom. The number of thioether (sulfide) groups is 1. The third kappa shape index (κ3) is 1.99. The summed E-state index contributed by atoms with van der Waals surface area (Å²) in [5.41, 5.74) is -1.05. The number of amides is 1. The van der Waals surface area contributed by atoms with E-state index in [1.807, 2.05) is 0 Å². The molecule has 82 valence electrons. The Balaban J connectivity index is 0.00000128. The minimum Gasteiger partial charge on any atom is -0.543 e. The number of carbonyl (C=O) groups excluding carboxylic acids is 2. The predicted molar refractivity (Wildman–Crippen MR) is 40.9 cm³/mol. The molecule has 4 nitrogen and oxygen atoms in total. The number of carboxylic acids is 1. The van der Waals surface area contributed by atoms with Crippen LogP contribution in [0.5, 0.6) is 0 Å². The summed E-state index contributed by atoms with van der Waals surface area (Å²) < 4.78 is 37.1. The molecule has 2 aliphatic rings. The van der Waals surface area contributed by atoms with Crippen LogP contribution in [0.15, 0.2) is 10.6 Å². The Morgan fingerprint density at radius 1 is 1.50 bits per heavy atom. The predicted octanol–water partition coefficient (Wildman–Crippen LogP) is -3.18. The monoisotopic (exact) mass is 261 g/mol. The number of rotatable bonds is 1. The summed E-state index contributed by atoms with van der Waals surface area (Å²) in [5.74, 6) is -2.59. The molecule has 1 atom stereocenters. The van der Waals surface area contributed by atoms with E-state index in [-0.39, 0.29) is 36.0 Å². The van der Waals surface area contributed by atoms with Gasteiger partial charge in [0.15, 0.2) is 0 Å². The van der Waals surface area contributed by atoms with Gasteiger partial charge in [-0.3, -0.25) is 9.69 Å². The summed E-state index contributed by atoms with van der Waals surface area (Å²) in [5, 5.41) is 9.78. The van der Waals surface area contributed by atoms with Crippen molar-refractivity contribution >= 4 is 23.6 Å². The van der Waals surface area contributed by atoms with Gasteiger partial charge in [0.1, 0.15) is 4.91 Å². The van der Waals surface area contributed by atoms with Crippen LogP contribution < -0.4 is 34.7 Å². The van der Waals surface area contributed by atoms with Gasteiger partial charge in [-0.15, -0.1) is 0 Å². The number of fused-ring (bicyclic) bond motifs is 1. The maximum atomic E-state index is 12.4. The van der Waals surface area contributed by atoms with Crippen LogP contribution in [-0.2, 0) is 9.59 Å². The number of halogens is 3. The smallest absolute Gasteiger partial charge is 0.543 e. The number of hydrogen-bond donors (Lipinski definition) is 0. The largest absolute Gasteiger partial charge is 1.00 e. The van der Waals surface area contributed by atoms with Crippen LogP contribution in [0.1, 0.15) is 6.42 Å². The Morgan fingerprint density at radius 3 is 2.44 bits per heavy atom. The van der Waals surface area contributed by atoms with Crippen LogP contribution in [0.25, 0.3) is 0 Å². The number of alkyl halides is 3. The van der Waals surface area contributed by atoms with E-state index < -0.39 is 34.0 Å². The first-order chi connectivity index (χ1) is 6.82. The topological polar surface area (TPSA) is 60.4 Å². The Hall–Kier alpha value is -0.180. The van der Waals surface area contributed by atoms with Crippen molar-refractivity contribution in [2.45, 2.75) is 18.0 Å². The Bertz CT molecular complexity index is 395. The molecule has 0 bridgehead atoms. The number of aliphatic carboxylic acids is 1. The molecular weight excluding hydrogens is 258 g/mol. The van der Waals surface area contributed by atoms with E-state index in [0.717, 1.165) is 0 Å². The summed E-state index contributed by atoms with van der Waals surface area (Å²) in [7, 11) is 0. The van der Waals surface area contributed by atoms with Crippen LogP contribution in [0.2, 0.25) is 0 Å². The normalized spacial score (nSPS) is 23.8. The zero-order valence-electron chi connectivity index (χ0n) is 8.00. The first-order valence-corrected chi connectivity index (χ1v) is 4.72. The van der Waals surface area contributed by atoms with Crippen molar-refractivity contribution in [1.82, 2.24) is 4.90 Å². The van der Waals surface area contributed by atoms with E-state index in [1.54, 1.807) is 0 Å². The quantitative estimate of drug-likeness (QED) is 0.369. The molecule has 1 amide bonds. The molecule has 0 radical (unpaired) electrons. The van der Waals surface area contributed by atoms with Crippen molar-refractivity contribution in [3.05, 3.63) is 10.6 Å². The molecule has 0 aliphatic carbocycles. The summed E-state index contributed by atoms with van der Waals surface area (Å²) in [6.45, 7) is 0. The van der Waals surface area contributed by atoms with Gasteiger partial charge in [0.05, 0.1) is 23.5 Å². The molecule has 1 saturated heterocycles. The summed E-state index contributed by atoms with van der Waals surface area (Å²) in [4.78, 5) is 20.8. The molecule has 0 saturated carbocycles. The fourth-order valence-corrected chi connectivity index (χ4v) is 2.70. The van der Waals surface area contributed by atoms with Gasteiger partial charge >= 0.3 is 35.7 Å². The van der Waals surface area contributed by atoms with Crippen LogP contribution >= 0.6 is 11.8 Å². The number of β-lactam (4-membered cyclic amide) rings is 1. The summed E-state index contributed by atoms with van der Waals surface area (Å²) in [6, 6.07) is 0. The number of allylic oxidation sites excluding steroid dienone is 1. The second-order valence-electron chi connectivity index (χ2n) is 3.00. The van der Waals surface area contributed by atoms with Gasteiger partial charge < -0.3 is 9.90 Å². The maximum absolute atomic E-state index is 12.4. The number of carbonyl (C=O) groups is 2. The maximum Gasteiger partial charge on any atom is 1.00 e. The average molecular weight is 261 g/mol. The zero-order chi connectivity index (χ0) is 11.4. The van der Waals surface area contributed by atoms with E-state index in [1.165, 1.54) is 0 Å². The van der Waals surface area contributed by atoms with Crippen LogP contribution in [-0.4, -0.2) is 28.3 Å². The average Bonchev–Trinajstić information content (AvgIpc) is 2.36. The first-order valence-electron chi connectivity index (χ1n) is 3.84. The van der Waals surface area contributed by atoms with Crippen molar-refractivity contribution in [2.75, 3.05) is 0 Å². The fraction of sp³-hybridized carbons (Fsp3) is 0.429. The molecule has 16 heavy (non-hydrogen) atoms. The number of hydrogen-bond acceptors (Lipinski definition) is 4. The minimum absolute atomic E-state index is 0. The molecule has 0 unspecified atom stereocenters. The molecule has 2 rings (SSSR count). The molecule has 2 heterocycles. The number of nitrogens with zero attached hydrogens (tertiary/aromatic N) is 1. The Labute approximate surface area is 114 Å². The third-order valence-corrected chi connectivity index (χ3v) is 3.38. The van der Waals surface area contributed by atoms with Crippen molar-refractivity contribution in [3.63, 3.8) is 0 Å².